The minimum Gasteiger partial charge on any atom is -0.361 e. The first-order valence-electron chi connectivity index (χ1n) is 10.7. The van der Waals surface area contributed by atoms with Crippen LogP contribution in [0.1, 0.15) is 37.3 Å². The van der Waals surface area contributed by atoms with Gasteiger partial charge in [0.2, 0.25) is 10.0 Å². The highest BCUT2D eigenvalue weighted by Gasteiger charge is 2.14. The van der Waals surface area contributed by atoms with E-state index in [4.69, 9.17) is 0 Å². The third-order valence-corrected chi connectivity index (χ3v) is 7.10. The number of H-pyrrole nitrogens is 1. The zero-order valence-corrected chi connectivity index (χ0v) is 18.7. The number of aryl methyl sites for hydroxylation is 1. The Balaban J connectivity index is 1.41. The number of nitrogens with one attached hydrogen (secondary N) is 2. The maximum absolute atomic E-state index is 12.8. The van der Waals surface area contributed by atoms with Crippen LogP contribution >= 0.6 is 0 Å². The number of benzene rings is 3. The number of hydrogen-bond donors (Lipinski definition) is 2. The van der Waals surface area contributed by atoms with Crippen molar-refractivity contribution < 1.29 is 8.42 Å². The fraction of sp³-hybridized carbons (Fsp3) is 0.231. The lowest BCUT2D eigenvalue weighted by atomic mass is 9.99. The fourth-order valence-corrected chi connectivity index (χ4v) is 4.93. The molecule has 1 aromatic heterocycles. The molecule has 0 fully saturated rings. The number of sulfonamides is 1. The highest BCUT2D eigenvalue weighted by molar-refractivity contribution is 7.89. The van der Waals surface area contributed by atoms with Gasteiger partial charge in [-0.1, -0.05) is 68.4 Å². The smallest absolute Gasteiger partial charge is 0.240 e. The van der Waals surface area contributed by atoms with E-state index in [2.05, 4.69) is 53.9 Å². The summed E-state index contributed by atoms with van der Waals surface area (Å²) < 4.78 is 28.4. The summed E-state index contributed by atoms with van der Waals surface area (Å²) in [6, 6.07) is 23.6. The van der Waals surface area contributed by atoms with Gasteiger partial charge in [-0.25, -0.2) is 13.1 Å². The van der Waals surface area contributed by atoms with Crippen LogP contribution in [0, 0.1) is 0 Å². The summed E-state index contributed by atoms with van der Waals surface area (Å²) in [5, 5.41) is 1.20. The SMILES string of the molecule is CC(C)c1ccc(-c2cccc(S(=O)(=O)NCCCc3c[nH]c4ccccc34)c2)cc1. The molecule has 3 aromatic carbocycles. The normalized spacial score (nSPS) is 12.0. The van der Waals surface area contributed by atoms with Crippen molar-refractivity contribution in [1.82, 2.24) is 9.71 Å². The zero-order chi connectivity index (χ0) is 21.8. The number of rotatable bonds is 8. The van der Waals surface area contributed by atoms with Crippen molar-refractivity contribution in [3.63, 3.8) is 0 Å². The summed E-state index contributed by atoms with van der Waals surface area (Å²) in [6.45, 7) is 4.72. The maximum Gasteiger partial charge on any atom is 0.240 e. The van der Waals surface area contributed by atoms with Crippen molar-refractivity contribution in [3.8, 4) is 11.1 Å². The van der Waals surface area contributed by atoms with Crippen LogP contribution in [0.15, 0.2) is 83.9 Å². The van der Waals surface area contributed by atoms with Gasteiger partial charge in [0, 0.05) is 23.6 Å². The molecule has 31 heavy (non-hydrogen) atoms. The third-order valence-electron chi connectivity index (χ3n) is 5.64. The van der Waals surface area contributed by atoms with Crippen molar-refractivity contribution >= 4 is 20.9 Å². The van der Waals surface area contributed by atoms with Gasteiger partial charge in [0.1, 0.15) is 0 Å². The van der Waals surface area contributed by atoms with Gasteiger partial charge in [-0.2, -0.15) is 0 Å². The number of para-hydroxylation sites is 1. The highest BCUT2D eigenvalue weighted by atomic mass is 32.2. The van der Waals surface area contributed by atoms with Gasteiger partial charge in [0.25, 0.3) is 0 Å². The van der Waals surface area contributed by atoms with Gasteiger partial charge < -0.3 is 4.98 Å². The van der Waals surface area contributed by atoms with Crippen molar-refractivity contribution in [3.05, 3.63) is 90.1 Å². The molecule has 0 unspecified atom stereocenters. The molecule has 0 bridgehead atoms. The van der Waals surface area contributed by atoms with Crippen LogP contribution < -0.4 is 4.72 Å². The lowest BCUT2D eigenvalue weighted by Gasteiger charge is -2.10. The monoisotopic (exact) mass is 432 g/mol. The van der Waals surface area contributed by atoms with Gasteiger partial charge in [0.05, 0.1) is 4.90 Å². The molecule has 2 N–H and O–H groups in total. The molecule has 0 aliphatic heterocycles. The third kappa shape index (κ3) is 4.89. The first-order valence-corrected chi connectivity index (χ1v) is 12.2. The second kappa shape index (κ2) is 9.08. The molecule has 5 heteroatoms. The summed E-state index contributed by atoms with van der Waals surface area (Å²) >= 11 is 0. The standard InChI is InChI=1S/C26H28N2O2S/c1-19(2)20-12-14-21(15-13-20)22-7-5-9-24(17-22)31(29,30)28-16-6-8-23-18-27-26-11-4-3-10-25(23)26/h3-5,7,9-15,17-19,27-28H,6,8,16H2,1-2H3. The topological polar surface area (TPSA) is 62.0 Å². The van der Waals surface area contributed by atoms with Crippen LogP contribution in [0.4, 0.5) is 0 Å². The summed E-state index contributed by atoms with van der Waals surface area (Å²) in [6.07, 6.45) is 3.55. The van der Waals surface area contributed by atoms with Gasteiger partial charge in [-0.05, 0) is 59.2 Å². The molecule has 4 rings (SSSR count). The van der Waals surface area contributed by atoms with Gasteiger partial charge >= 0.3 is 0 Å². The molecule has 0 saturated heterocycles. The summed E-state index contributed by atoms with van der Waals surface area (Å²) in [7, 11) is -3.55. The Morgan fingerprint density at radius 3 is 2.45 bits per heavy atom. The van der Waals surface area contributed by atoms with E-state index in [1.165, 1.54) is 16.5 Å². The van der Waals surface area contributed by atoms with E-state index in [0.717, 1.165) is 29.5 Å². The van der Waals surface area contributed by atoms with Crippen LogP contribution in [0.5, 0.6) is 0 Å². The Hall–Kier alpha value is -2.89. The fourth-order valence-electron chi connectivity index (χ4n) is 3.81. The molecule has 4 nitrogen and oxygen atoms in total. The lowest BCUT2D eigenvalue weighted by molar-refractivity contribution is 0.579. The van der Waals surface area contributed by atoms with Crippen molar-refractivity contribution in [1.29, 1.82) is 0 Å². The molecule has 0 amide bonds. The van der Waals surface area contributed by atoms with Gasteiger partial charge in [0.15, 0.2) is 0 Å². The van der Waals surface area contributed by atoms with E-state index < -0.39 is 10.0 Å². The number of aromatic amines is 1. The maximum atomic E-state index is 12.8. The van der Waals surface area contributed by atoms with Gasteiger partial charge in [-0.15, -0.1) is 0 Å². The Morgan fingerprint density at radius 1 is 0.903 bits per heavy atom. The Bertz CT molecular complexity index is 1270. The van der Waals surface area contributed by atoms with E-state index in [1.807, 2.05) is 30.5 Å². The molecule has 0 spiro atoms. The highest BCUT2D eigenvalue weighted by Crippen LogP contribution is 2.25. The largest absolute Gasteiger partial charge is 0.361 e. The molecule has 4 aromatic rings. The average Bonchev–Trinajstić information content (AvgIpc) is 3.20. The number of hydrogen-bond acceptors (Lipinski definition) is 2. The first-order chi connectivity index (χ1) is 14.9. The predicted molar refractivity (Wildman–Crippen MR) is 128 cm³/mol. The zero-order valence-electron chi connectivity index (χ0n) is 17.9. The number of fused-ring (bicyclic) bond motifs is 1. The molecular formula is C26H28N2O2S. The summed E-state index contributed by atoms with van der Waals surface area (Å²) in [4.78, 5) is 3.56. The number of aromatic nitrogens is 1. The van der Waals surface area contributed by atoms with Crippen LogP contribution in [-0.2, 0) is 16.4 Å². The van der Waals surface area contributed by atoms with Gasteiger partial charge in [-0.3, -0.25) is 0 Å². The minimum atomic E-state index is -3.55. The Kier molecular flexibility index (Phi) is 6.25. The molecule has 0 atom stereocenters. The molecular weight excluding hydrogens is 404 g/mol. The van der Waals surface area contributed by atoms with Crippen LogP contribution in [0.2, 0.25) is 0 Å². The molecule has 0 aliphatic carbocycles. The lowest BCUT2D eigenvalue weighted by Crippen LogP contribution is -2.25. The van der Waals surface area contributed by atoms with E-state index in [1.54, 1.807) is 18.2 Å². The molecule has 0 radical (unpaired) electrons. The molecule has 0 saturated carbocycles. The van der Waals surface area contributed by atoms with Crippen molar-refractivity contribution in [2.24, 2.45) is 0 Å². The quantitative estimate of drug-likeness (QED) is 0.342. The second-order valence-electron chi connectivity index (χ2n) is 8.17. The summed E-state index contributed by atoms with van der Waals surface area (Å²) in [5.74, 6) is 0.467. The van der Waals surface area contributed by atoms with Crippen LogP contribution in [0.25, 0.3) is 22.0 Å². The Labute approximate surface area is 184 Å². The predicted octanol–water partition coefficient (Wildman–Crippen LogP) is 5.87. The van der Waals surface area contributed by atoms with Crippen molar-refractivity contribution in [2.45, 2.75) is 37.5 Å². The van der Waals surface area contributed by atoms with Crippen LogP contribution in [0.3, 0.4) is 0 Å². The van der Waals surface area contributed by atoms with Crippen molar-refractivity contribution in [2.75, 3.05) is 6.54 Å². The van der Waals surface area contributed by atoms with E-state index in [0.29, 0.717) is 17.4 Å². The molecule has 1 heterocycles. The average molecular weight is 433 g/mol. The first kappa shape index (κ1) is 21.3. The summed E-state index contributed by atoms with van der Waals surface area (Å²) in [5.41, 5.74) is 5.50. The second-order valence-corrected chi connectivity index (χ2v) is 9.93. The Morgan fingerprint density at radius 2 is 1.68 bits per heavy atom. The van der Waals surface area contributed by atoms with Crippen LogP contribution in [-0.4, -0.2) is 19.9 Å². The van der Waals surface area contributed by atoms with E-state index in [9.17, 15) is 8.42 Å². The van der Waals surface area contributed by atoms with E-state index >= 15 is 0 Å². The van der Waals surface area contributed by atoms with E-state index in [-0.39, 0.29) is 0 Å². The minimum absolute atomic E-state index is 0.296. The molecule has 0 aliphatic rings. The molecule has 160 valence electrons.